The molecule has 1 amide bonds. The van der Waals surface area contributed by atoms with Crippen molar-refractivity contribution in [1.29, 1.82) is 0 Å². The first-order valence-electron chi connectivity index (χ1n) is 9.07. The second-order valence-corrected chi connectivity index (χ2v) is 6.46. The maximum atomic E-state index is 13.5. The minimum absolute atomic E-state index is 0.188. The summed E-state index contributed by atoms with van der Waals surface area (Å²) in [6.07, 6.45) is -4.43. The number of hydrogen-bond donors (Lipinski definition) is 2. The van der Waals surface area contributed by atoms with Gasteiger partial charge in [-0.15, -0.1) is 0 Å². The average molecular weight is 393 g/mol. The maximum absolute atomic E-state index is 13.5. The number of carbonyl (C=O) groups is 1. The summed E-state index contributed by atoms with van der Waals surface area (Å²) in [6, 6.07) is 13.6. The summed E-state index contributed by atoms with van der Waals surface area (Å²) < 4.78 is 46.2. The van der Waals surface area contributed by atoms with E-state index >= 15 is 0 Å². The first-order valence-corrected chi connectivity index (χ1v) is 9.07. The number of alkyl halides is 3. The highest BCUT2D eigenvalue weighted by Gasteiger charge is 2.43. The van der Waals surface area contributed by atoms with Crippen LogP contribution in [0.5, 0.6) is 11.5 Å². The van der Waals surface area contributed by atoms with Gasteiger partial charge in [0, 0.05) is 32.7 Å². The number of nitrogens with zero attached hydrogens (tertiary/aromatic N) is 1. The van der Waals surface area contributed by atoms with Crippen LogP contribution in [0.15, 0.2) is 54.6 Å². The predicted molar refractivity (Wildman–Crippen MR) is 99.6 cm³/mol. The third-order valence-electron chi connectivity index (χ3n) is 4.53. The SMILES string of the molecule is O=C(NCC(N1CCNCC1)C(F)(F)F)c1ccccc1Oc1ccccc1. The molecule has 1 aliphatic rings. The highest BCUT2D eigenvalue weighted by Crippen LogP contribution is 2.27. The van der Waals surface area contributed by atoms with E-state index in [1.165, 1.54) is 11.0 Å². The summed E-state index contributed by atoms with van der Waals surface area (Å²) in [5.74, 6) is 0.226. The Labute approximate surface area is 161 Å². The van der Waals surface area contributed by atoms with Crippen LogP contribution in [0.3, 0.4) is 0 Å². The van der Waals surface area contributed by atoms with Gasteiger partial charge in [-0.1, -0.05) is 30.3 Å². The monoisotopic (exact) mass is 393 g/mol. The Morgan fingerprint density at radius 3 is 2.39 bits per heavy atom. The molecule has 0 saturated carbocycles. The topological polar surface area (TPSA) is 53.6 Å². The number of benzene rings is 2. The normalized spacial score (nSPS) is 16.4. The van der Waals surface area contributed by atoms with E-state index in [9.17, 15) is 18.0 Å². The number of rotatable bonds is 6. The van der Waals surface area contributed by atoms with E-state index in [-0.39, 0.29) is 24.4 Å². The zero-order valence-electron chi connectivity index (χ0n) is 15.2. The minimum atomic E-state index is -4.43. The van der Waals surface area contributed by atoms with E-state index in [1.54, 1.807) is 42.5 Å². The van der Waals surface area contributed by atoms with Crippen molar-refractivity contribution < 1.29 is 22.7 Å². The molecular weight excluding hydrogens is 371 g/mol. The predicted octanol–water partition coefficient (Wildman–Crippen LogP) is 3.04. The molecule has 2 aromatic carbocycles. The van der Waals surface area contributed by atoms with Crippen LogP contribution < -0.4 is 15.4 Å². The molecule has 2 aromatic rings. The van der Waals surface area contributed by atoms with E-state index in [2.05, 4.69) is 10.6 Å². The van der Waals surface area contributed by atoms with Gasteiger partial charge in [-0.3, -0.25) is 9.69 Å². The summed E-state index contributed by atoms with van der Waals surface area (Å²) in [5.41, 5.74) is 0.188. The Kier molecular flexibility index (Phi) is 6.53. The molecule has 0 aromatic heterocycles. The fraction of sp³-hybridized carbons (Fsp3) is 0.350. The van der Waals surface area contributed by atoms with Gasteiger partial charge in [0.15, 0.2) is 0 Å². The molecule has 0 radical (unpaired) electrons. The molecular formula is C20H22F3N3O2. The van der Waals surface area contributed by atoms with Crippen molar-refractivity contribution in [1.82, 2.24) is 15.5 Å². The van der Waals surface area contributed by atoms with Gasteiger partial charge in [0.25, 0.3) is 5.91 Å². The Bertz CT molecular complexity index is 778. The summed E-state index contributed by atoms with van der Waals surface area (Å²) in [4.78, 5) is 13.9. The summed E-state index contributed by atoms with van der Waals surface area (Å²) in [6.45, 7) is 1.05. The van der Waals surface area contributed by atoms with Crippen LogP contribution in [-0.2, 0) is 0 Å². The number of hydrogen-bond acceptors (Lipinski definition) is 4. The summed E-state index contributed by atoms with van der Waals surface area (Å²) >= 11 is 0. The van der Waals surface area contributed by atoms with Crippen LogP contribution in [0.25, 0.3) is 0 Å². The lowest BCUT2D eigenvalue weighted by Gasteiger charge is -2.35. The van der Waals surface area contributed by atoms with Gasteiger partial charge in [0.2, 0.25) is 0 Å². The van der Waals surface area contributed by atoms with Crippen molar-refractivity contribution in [2.75, 3.05) is 32.7 Å². The first kappa shape index (κ1) is 20.2. The van der Waals surface area contributed by atoms with Gasteiger partial charge in [-0.05, 0) is 24.3 Å². The van der Waals surface area contributed by atoms with E-state index in [0.29, 0.717) is 18.8 Å². The second-order valence-electron chi connectivity index (χ2n) is 6.46. The van der Waals surface area contributed by atoms with Gasteiger partial charge in [0.1, 0.15) is 17.5 Å². The van der Waals surface area contributed by atoms with Crippen molar-refractivity contribution in [2.24, 2.45) is 0 Å². The molecule has 28 heavy (non-hydrogen) atoms. The molecule has 1 heterocycles. The summed E-state index contributed by atoms with van der Waals surface area (Å²) in [7, 11) is 0. The number of carbonyl (C=O) groups excluding carboxylic acids is 1. The number of amides is 1. The highest BCUT2D eigenvalue weighted by molar-refractivity contribution is 5.97. The van der Waals surface area contributed by atoms with Crippen LogP contribution >= 0.6 is 0 Å². The van der Waals surface area contributed by atoms with Crippen molar-refractivity contribution in [3.63, 3.8) is 0 Å². The van der Waals surface area contributed by atoms with Gasteiger partial charge in [0.05, 0.1) is 5.56 Å². The molecule has 150 valence electrons. The smallest absolute Gasteiger partial charge is 0.405 e. The van der Waals surface area contributed by atoms with E-state index < -0.39 is 24.7 Å². The number of para-hydroxylation sites is 2. The zero-order valence-corrected chi connectivity index (χ0v) is 15.2. The average Bonchev–Trinajstić information content (AvgIpc) is 2.69. The Morgan fingerprint density at radius 1 is 1.07 bits per heavy atom. The lowest BCUT2D eigenvalue weighted by Crippen LogP contribution is -2.57. The minimum Gasteiger partial charge on any atom is -0.457 e. The number of nitrogens with one attached hydrogen (secondary N) is 2. The van der Waals surface area contributed by atoms with Gasteiger partial charge in [-0.2, -0.15) is 13.2 Å². The van der Waals surface area contributed by atoms with E-state index in [4.69, 9.17) is 4.74 Å². The molecule has 3 rings (SSSR count). The molecule has 8 heteroatoms. The molecule has 5 nitrogen and oxygen atoms in total. The Morgan fingerprint density at radius 2 is 1.71 bits per heavy atom. The van der Waals surface area contributed by atoms with Gasteiger partial charge < -0.3 is 15.4 Å². The lowest BCUT2D eigenvalue weighted by molar-refractivity contribution is -0.183. The fourth-order valence-electron chi connectivity index (χ4n) is 3.09. The zero-order chi connectivity index (χ0) is 20.0. The second kappa shape index (κ2) is 9.07. The maximum Gasteiger partial charge on any atom is 0.405 e. The number of piperazine rings is 1. The number of halogens is 3. The molecule has 0 spiro atoms. The standard InChI is InChI=1S/C20H22F3N3O2/c21-20(22,23)18(26-12-10-24-11-13-26)14-25-19(27)16-8-4-5-9-17(16)28-15-6-2-1-3-7-15/h1-9,18,24H,10-14H2,(H,25,27). The van der Waals surface area contributed by atoms with E-state index in [1.807, 2.05) is 6.07 Å². The highest BCUT2D eigenvalue weighted by atomic mass is 19.4. The third kappa shape index (κ3) is 5.24. The fourth-order valence-corrected chi connectivity index (χ4v) is 3.09. The molecule has 1 unspecified atom stereocenters. The van der Waals surface area contributed by atoms with Crippen molar-refractivity contribution in [3.8, 4) is 11.5 Å². The van der Waals surface area contributed by atoms with Gasteiger partial charge in [-0.25, -0.2) is 0 Å². The van der Waals surface area contributed by atoms with Crippen molar-refractivity contribution >= 4 is 5.91 Å². The van der Waals surface area contributed by atoms with E-state index in [0.717, 1.165) is 0 Å². The molecule has 1 aliphatic heterocycles. The van der Waals surface area contributed by atoms with Crippen molar-refractivity contribution in [2.45, 2.75) is 12.2 Å². The molecule has 1 fully saturated rings. The summed E-state index contributed by atoms with van der Waals surface area (Å²) in [5, 5.41) is 5.46. The van der Waals surface area contributed by atoms with Crippen LogP contribution in [0.4, 0.5) is 13.2 Å². The third-order valence-corrected chi connectivity index (χ3v) is 4.53. The molecule has 1 atom stereocenters. The first-order chi connectivity index (χ1) is 13.4. The van der Waals surface area contributed by atoms with Crippen LogP contribution in [-0.4, -0.2) is 55.7 Å². The quantitative estimate of drug-likeness (QED) is 0.792. The van der Waals surface area contributed by atoms with Crippen LogP contribution in [0, 0.1) is 0 Å². The number of ether oxygens (including phenoxy) is 1. The molecule has 0 aliphatic carbocycles. The molecule has 1 saturated heterocycles. The molecule has 2 N–H and O–H groups in total. The van der Waals surface area contributed by atoms with Crippen LogP contribution in [0.1, 0.15) is 10.4 Å². The van der Waals surface area contributed by atoms with Crippen LogP contribution in [0.2, 0.25) is 0 Å². The largest absolute Gasteiger partial charge is 0.457 e. The lowest BCUT2D eigenvalue weighted by atomic mass is 10.1. The van der Waals surface area contributed by atoms with Gasteiger partial charge >= 0.3 is 6.18 Å². The Balaban J connectivity index is 1.70. The molecule has 0 bridgehead atoms. The Hall–Kier alpha value is -2.58. The van der Waals surface area contributed by atoms with Crippen molar-refractivity contribution in [3.05, 3.63) is 60.2 Å².